The summed E-state index contributed by atoms with van der Waals surface area (Å²) in [5.74, 6) is -0.813. The van der Waals surface area contributed by atoms with Gasteiger partial charge in [-0.05, 0) is 43.2 Å². The van der Waals surface area contributed by atoms with Gasteiger partial charge in [-0.1, -0.05) is 0 Å². The van der Waals surface area contributed by atoms with Gasteiger partial charge in [0.05, 0.1) is 11.1 Å². The number of nitrogens with two attached hydrogens (primary N) is 1. The molecule has 0 saturated heterocycles. The highest BCUT2D eigenvalue weighted by atomic mass is 16.6. The first-order valence-electron chi connectivity index (χ1n) is 6.63. The summed E-state index contributed by atoms with van der Waals surface area (Å²) < 4.78 is 1.06. The molecule has 2 aromatic rings. The second-order valence-corrected chi connectivity index (χ2v) is 4.92. The first-order chi connectivity index (χ1) is 10.8. The van der Waals surface area contributed by atoms with Gasteiger partial charge in [-0.15, -0.1) is 0 Å². The molecule has 8 nitrogen and oxygen atoms in total. The van der Waals surface area contributed by atoms with Crippen LogP contribution in [0, 0.1) is 24.0 Å². The van der Waals surface area contributed by atoms with E-state index in [4.69, 9.17) is 5.73 Å². The Morgan fingerprint density at radius 1 is 1.30 bits per heavy atom. The summed E-state index contributed by atoms with van der Waals surface area (Å²) in [6, 6.07) is 7.31. The third-order valence-electron chi connectivity index (χ3n) is 3.23. The molecule has 0 spiro atoms. The number of carbonyl (C=O) groups excluding carboxylic acids is 1. The Bertz CT molecular complexity index is 866. The van der Waals surface area contributed by atoms with Crippen LogP contribution in [0.3, 0.4) is 0 Å². The van der Waals surface area contributed by atoms with Crippen LogP contribution in [0.15, 0.2) is 40.2 Å². The molecular weight excluding hydrogens is 300 g/mol. The van der Waals surface area contributed by atoms with Gasteiger partial charge in [-0.25, -0.2) is 4.68 Å². The largest absolute Gasteiger partial charge is 0.365 e. The molecule has 0 aliphatic heterocycles. The molecule has 1 heterocycles. The minimum absolute atomic E-state index is 0.0400. The van der Waals surface area contributed by atoms with Gasteiger partial charge in [-0.3, -0.25) is 19.7 Å². The zero-order valence-electron chi connectivity index (χ0n) is 12.5. The molecule has 8 heteroatoms. The van der Waals surface area contributed by atoms with E-state index in [0.717, 1.165) is 4.68 Å². The lowest BCUT2D eigenvalue weighted by molar-refractivity contribution is -0.384. The molecule has 0 bridgehead atoms. The van der Waals surface area contributed by atoms with E-state index >= 15 is 0 Å². The number of carbonyl (C=O) groups is 1. The zero-order chi connectivity index (χ0) is 17.1. The molecule has 1 amide bonds. The fraction of sp³-hybridized carbons (Fsp3) is 0.133. The van der Waals surface area contributed by atoms with Crippen molar-refractivity contribution in [1.82, 2.24) is 4.68 Å². The van der Waals surface area contributed by atoms with E-state index in [2.05, 4.69) is 5.10 Å². The molecule has 0 aliphatic rings. The quantitative estimate of drug-likeness (QED) is 0.520. The van der Waals surface area contributed by atoms with Gasteiger partial charge in [0.25, 0.3) is 17.2 Å². The van der Waals surface area contributed by atoms with E-state index in [-0.39, 0.29) is 11.3 Å². The average molecular weight is 314 g/mol. The fourth-order valence-electron chi connectivity index (χ4n) is 2.13. The van der Waals surface area contributed by atoms with Crippen molar-refractivity contribution in [3.63, 3.8) is 0 Å². The first kappa shape index (κ1) is 16.1. The molecule has 0 unspecified atom stereocenters. The van der Waals surface area contributed by atoms with Crippen LogP contribution in [0.2, 0.25) is 0 Å². The van der Waals surface area contributed by atoms with Crippen LogP contribution >= 0.6 is 0 Å². The minimum atomic E-state index is -0.813. The van der Waals surface area contributed by atoms with Crippen molar-refractivity contribution in [1.29, 1.82) is 0 Å². The van der Waals surface area contributed by atoms with E-state index in [9.17, 15) is 19.7 Å². The summed E-state index contributed by atoms with van der Waals surface area (Å²) in [7, 11) is 0. The number of amides is 1. The molecular formula is C15H14N4O4. The lowest BCUT2D eigenvalue weighted by Crippen LogP contribution is -2.30. The number of hydrogen-bond acceptors (Lipinski definition) is 5. The fourth-order valence-corrected chi connectivity index (χ4v) is 2.13. The maximum absolute atomic E-state index is 12.3. The molecule has 2 rings (SSSR count). The van der Waals surface area contributed by atoms with Gasteiger partial charge in [-0.2, -0.15) is 5.10 Å². The topological polar surface area (TPSA) is 121 Å². The number of aryl methyl sites for hydroxylation is 2. The van der Waals surface area contributed by atoms with E-state index in [0.29, 0.717) is 16.8 Å². The summed E-state index contributed by atoms with van der Waals surface area (Å²) in [5, 5.41) is 14.6. The number of benzene rings is 1. The third kappa shape index (κ3) is 3.31. The van der Waals surface area contributed by atoms with Crippen LogP contribution in [0.25, 0.3) is 0 Å². The van der Waals surface area contributed by atoms with E-state index in [1.807, 2.05) is 0 Å². The molecule has 1 aromatic heterocycles. The summed E-state index contributed by atoms with van der Waals surface area (Å²) >= 11 is 0. The van der Waals surface area contributed by atoms with Crippen LogP contribution in [0.5, 0.6) is 0 Å². The highest BCUT2D eigenvalue weighted by Crippen LogP contribution is 2.11. The van der Waals surface area contributed by atoms with Crippen molar-refractivity contribution in [2.24, 2.45) is 10.8 Å². The first-order valence-corrected chi connectivity index (χ1v) is 6.63. The molecule has 0 aliphatic carbocycles. The SMILES string of the molecule is Cc1cc(C)n(/N=C/c2ccc([N+](=O)[O-])cc2)c(=O)c1C(N)=O. The predicted molar refractivity (Wildman–Crippen MR) is 84.8 cm³/mol. The second kappa shape index (κ2) is 6.22. The Morgan fingerprint density at radius 3 is 2.43 bits per heavy atom. The summed E-state index contributed by atoms with van der Waals surface area (Å²) in [5.41, 5.74) is 6.06. The monoisotopic (exact) mass is 314 g/mol. The van der Waals surface area contributed by atoms with Crippen molar-refractivity contribution < 1.29 is 9.72 Å². The van der Waals surface area contributed by atoms with Gasteiger partial charge in [0.15, 0.2) is 0 Å². The Labute approximate surface area is 131 Å². The highest BCUT2D eigenvalue weighted by molar-refractivity contribution is 5.93. The molecule has 23 heavy (non-hydrogen) atoms. The van der Waals surface area contributed by atoms with Crippen LogP contribution in [-0.2, 0) is 0 Å². The maximum Gasteiger partial charge on any atom is 0.284 e. The van der Waals surface area contributed by atoms with Crippen molar-refractivity contribution in [2.45, 2.75) is 13.8 Å². The summed E-state index contributed by atoms with van der Waals surface area (Å²) in [6.07, 6.45) is 1.37. The van der Waals surface area contributed by atoms with Gasteiger partial charge in [0.2, 0.25) is 0 Å². The Kier molecular flexibility index (Phi) is 4.35. The second-order valence-electron chi connectivity index (χ2n) is 4.92. The van der Waals surface area contributed by atoms with Gasteiger partial charge in [0.1, 0.15) is 5.56 Å². The number of nitrogens with zero attached hydrogens (tertiary/aromatic N) is 3. The number of pyridine rings is 1. The molecule has 0 fully saturated rings. The highest BCUT2D eigenvalue weighted by Gasteiger charge is 2.14. The van der Waals surface area contributed by atoms with Crippen molar-refractivity contribution in [2.75, 3.05) is 0 Å². The number of aromatic nitrogens is 1. The number of hydrogen-bond donors (Lipinski definition) is 1. The number of rotatable bonds is 4. The van der Waals surface area contributed by atoms with Crippen molar-refractivity contribution in [3.8, 4) is 0 Å². The maximum atomic E-state index is 12.3. The molecule has 0 saturated carbocycles. The third-order valence-corrected chi connectivity index (χ3v) is 3.23. The summed E-state index contributed by atoms with van der Waals surface area (Å²) in [6.45, 7) is 3.30. The lowest BCUT2D eigenvalue weighted by atomic mass is 10.1. The van der Waals surface area contributed by atoms with Crippen LogP contribution in [0.4, 0.5) is 5.69 Å². The number of nitro benzene ring substituents is 1. The molecule has 118 valence electrons. The average Bonchev–Trinajstić information content (AvgIpc) is 2.46. The van der Waals surface area contributed by atoms with Gasteiger partial charge < -0.3 is 5.73 Å². The normalized spacial score (nSPS) is 10.9. The van der Waals surface area contributed by atoms with E-state index < -0.39 is 16.4 Å². The van der Waals surface area contributed by atoms with Crippen molar-refractivity contribution >= 4 is 17.8 Å². The summed E-state index contributed by atoms with van der Waals surface area (Å²) in [4.78, 5) is 33.7. The number of nitro groups is 1. The van der Waals surface area contributed by atoms with Gasteiger partial charge >= 0.3 is 0 Å². The Balaban J connectivity index is 2.43. The van der Waals surface area contributed by atoms with Crippen molar-refractivity contribution in [3.05, 3.63) is 73.2 Å². The van der Waals surface area contributed by atoms with Crippen LogP contribution in [0.1, 0.15) is 27.2 Å². The van der Waals surface area contributed by atoms with E-state index in [1.54, 1.807) is 19.9 Å². The zero-order valence-corrected chi connectivity index (χ0v) is 12.5. The predicted octanol–water partition coefficient (Wildman–Crippen LogP) is 1.35. The number of primary amides is 1. The molecule has 1 aromatic carbocycles. The molecule has 2 N–H and O–H groups in total. The van der Waals surface area contributed by atoms with Crippen LogP contribution in [-0.4, -0.2) is 21.7 Å². The smallest absolute Gasteiger partial charge is 0.284 e. The Morgan fingerprint density at radius 2 is 1.91 bits per heavy atom. The van der Waals surface area contributed by atoms with Crippen LogP contribution < -0.4 is 11.3 Å². The Hall–Kier alpha value is -3.29. The lowest BCUT2D eigenvalue weighted by Gasteiger charge is -2.08. The van der Waals surface area contributed by atoms with Gasteiger partial charge in [0, 0.05) is 17.8 Å². The molecule has 0 atom stereocenters. The minimum Gasteiger partial charge on any atom is -0.365 e. The molecule has 0 radical (unpaired) electrons. The number of non-ortho nitro benzene ring substituents is 1. The van der Waals surface area contributed by atoms with E-state index in [1.165, 1.54) is 30.5 Å². The standard InChI is InChI=1S/C15H14N4O4/c1-9-7-10(2)18(15(21)13(9)14(16)20)17-8-11-3-5-12(6-4-11)19(22)23/h3-8H,1-2H3,(H2,16,20)/b17-8+.